The number of nitrogens with one attached hydrogen (secondary N) is 2. The Morgan fingerprint density at radius 3 is 2.46 bits per heavy atom. The minimum Gasteiger partial charge on any atom is -0.379 e. The highest BCUT2D eigenvalue weighted by atomic mass is 35.5. The predicted octanol–water partition coefficient (Wildman–Crippen LogP) is 2.67. The minimum atomic E-state index is 0. The lowest BCUT2D eigenvalue weighted by Gasteiger charge is -2.35. The van der Waals surface area contributed by atoms with Crippen molar-refractivity contribution >= 4 is 42.3 Å². The summed E-state index contributed by atoms with van der Waals surface area (Å²) in [7, 11) is 0. The van der Waals surface area contributed by atoms with E-state index in [1.54, 1.807) is 0 Å². The Bertz CT molecular complexity index is 535. The zero-order valence-electron chi connectivity index (χ0n) is 14.8. The predicted molar refractivity (Wildman–Crippen MR) is 110 cm³/mol. The number of carbonyl (C=O) groups excluding carboxylic acids is 1. The van der Waals surface area contributed by atoms with Crippen molar-refractivity contribution in [2.24, 2.45) is 5.92 Å². The third-order valence-electron chi connectivity index (χ3n) is 4.65. The third kappa shape index (κ3) is 7.59. The molecule has 8 heteroatoms. The first kappa shape index (κ1) is 23.5. The van der Waals surface area contributed by atoms with Gasteiger partial charge in [-0.15, -0.1) is 24.8 Å². The molecule has 0 aromatic heterocycles. The molecule has 1 saturated carbocycles. The second-order valence-corrected chi connectivity index (χ2v) is 7.03. The summed E-state index contributed by atoms with van der Waals surface area (Å²) in [4.78, 5) is 14.4. The van der Waals surface area contributed by atoms with Crippen molar-refractivity contribution < 1.29 is 9.53 Å². The van der Waals surface area contributed by atoms with Crippen LogP contribution < -0.4 is 10.6 Å². The summed E-state index contributed by atoms with van der Waals surface area (Å²) in [6.45, 7) is 5.18. The van der Waals surface area contributed by atoms with Gasteiger partial charge in [-0.3, -0.25) is 9.69 Å². The Balaban J connectivity index is 0.00000169. The van der Waals surface area contributed by atoms with Crippen molar-refractivity contribution in [3.8, 4) is 0 Å². The monoisotopic (exact) mass is 423 g/mol. The number of morpholine rings is 1. The van der Waals surface area contributed by atoms with Crippen molar-refractivity contribution in [2.45, 2.75) is 18.9 Å². The van der Waals surface area contributed by atoms with E-state index in [-0.39, 0.29) is 36.8 Å². The number of hydrogen-bond donors (Lipinski definition) is 2. The maximum Gasteiger partial charge on any atom is 0.234 e. The molecule has 2 N–H and O–H groups in total. The number of ether oxygens (including phenoxy) is 1. The Kier molecular flexibility index (Phi) is 10.8. The van der Waals surface area contributed by atoms with Gasteiger partial charge in [-0.05, 0) is 43.0 Å². The minimum absolute atomic E-state index is 0. The van der Waals surface area contributed by atoms with Crippen LogP contribution in [0, 0.1) is 5.92 Å². The molecule has 1 heterocycles. The summed E-state index contributed by atoms with van der Waals surface area (Å²) < 4.78 is 5.45. The van der Waals surface area contributed by atoms with E-state index < -0.39 is 0 Å². The van der Waals surface area contributed by atoms with Gasteiger partial charge in [-0.25, -0.2) is 0 Å². The number of halogens is 3. The highest BCUT2D eigenvalue weighted by molar-refractivity contribution is 6.30. The highest BCUT2D eigenvalue weighted by Crippen LogP contribution is 2.27. The molecule has 1 saturated heterocycles. The molecular formula is C18H28Cl3N3O2. The second kappa shape index (κ2) is 12.0. The molecular weight excluding hydrogens is 397 g/mol. The number of rotatable bonds is 8. The van der Waals surface area contributed by atoms with Crippen LogP contribution in [0.4, 0.5) is 0 Å². The number of benzene rings is 1. The van der Waals surface area contributed by atoms with Crippen molar-refractivity contribution in [1.82, 2.24) is 15.5 Å². The maximum atomic E-state index is 12.1. The Labute approximate surface area is 173 Å². The van der Waals surface area contributed by atoms with Crippen LogP contribution in [-0.2, 0) is 9.53 Å². The molecule has 0 radical (unpaired) electrons. The van der Waals surface area contributed by atoms with Crippen LogP contribution in [0.2, 0.25) is 5.02 Å². The molecule has 2 aliphatic rings. The maximum absolute atomic E-state index is 12.1. The van der Waals surface area contributed by atoms with Crippen LogP contribution in [0.15, 0.2) is 24.3 Å². The van der Waals surface area contributed by atoms with E-state index in [9.17, 15) is 4.79 Å². The number of amides is 1. The van der Waals surface area contributed by atoms with Gasteiger partial charge >= 0.3 is 0 Å². The van der Waals surface area contributed by atoms with E-state index in [1.807, 2.05) is 24.3 Å². The van der Waals surface area contributed by atoms with Gasteiger partial charge in [0.1, 0.15) is 0 Å². The van der Waals surface area contributed by atoms with Crippen molar-refractivity contribution in [1.29, 1.82) is 0 Å². The smallest absolute Gasteiger partial charge is 0.234 e. The number of hydrogen-bond acceptors (Lipinski definition) is 4. The van der Waals surface area contributed by atoms with Gasteiger partial charge in [0.15, 0.2) is 0 Å². The van der Waals surface area contributed by atoms with E-state index in [2.05, 4.69) is 15.5 Å². The Morgan fingerprint density at radius 1 is 1.19 bits per heavy atom. The topological polar surface area (TPSA) is 53.6 Å². The molecule has 0 spiro atoms. The average Bonchev–Trinajstić information content (AvgIpc) is 3.42. The standard InChI is InChI=1S/C18H26ClN3O2.2ClH/c19-16-5-3-15(4-6-16)17(22-7-9-24-10-8-22)12-21-18(23)13-20-11-14-1-2-14;;/h3-6,14,17,20H,1-2,7-13H2,(H,21,23);2*1H. The average molecular weight is 425 g/mol. The molecule has 1 amide bonds. The molecule has 1 aliphatic heterocycles. The van der Waals surface area contributed by atoms with Gasteiger partial charge in [0, 0.05) is 24.7 Å². The zero-order valence-corrected chi connectivity index (χ0v) is 17.2. The van der Waals surface area contributed by atoms with E-state index in [1.165, 1.54) is 18.4 Å². The van der Waals surface area contributed by atoms with Crippen molar-refractivity contribution in [3.63, 3.8) is 0 Å². The Morgan fingerprint density at radius 2 is 1.85 bits per heavy atom. The largest absolute Gasteiger partial charge is 0.379 e. The normalized spacial score (nSPS) is 18.3. The SMILES string of the molecule is Cl.Cl.O=C(CNCC1CC1)NCC(c1ccc(Cl)cc1)N1CCOCC1. The molecule has 0 bridgehead atoms. The molecule has 1 aromatic carbocycles. The first-order valence-electron chi connectivity index (χ1n) is 8.77. The first-order chi connectivity index (χ1) is 11.7. The van der Waals surface area contributed by atoms with Gasteiger partial charge in [0.2, 0.25) is 5.91 Å². The quantitative estimate of drug-likeness (QED) is 0.674. The molecule has 5 nitrogen and oxygen atoms in total. The van der Waals surface area contributed by atoms with Crippen LogP contribution in [0.1, 0.15) is 24.4 Å². The molecule has 1 aliphatic carbocycles. The first-order valence-corrected chi connectivity index (χ1v) is 9.15. The number of carbonyl (C=O) groups is 1. The summed E-state index contributed by atoms with van der Waals surface area (Å²) >= 11 is 6.01. The molecule has 1 unspecified atom stereocenters. The Hall–Kier alpha value is -0.560. The second-order valence-electron chi connectivity index (χ2n) is 6.59. The summed E-state index contributed by atoms with van der Waals surface area (Å²) in [5, 5.41) is 7.03. The molecule has 3 rings (SSSR count). The van der Waals surface area contributed by atoms with Crippen LogP contribution in [0.5, 0.6) is 0 Å². The summed E-state index contributed by atoms with van der Waals surface area (Å²) in [6, 6.07) is 8.05. The van der Waals surface area contributed by atoms with Gasteiger partial charge in [-0.1, -0.05) is 23.7 Å². The van der Waals surface area contributed by atoms with Crippen LogP contribution in [0.25, 0.3) is 0 Å². The highest BCUT2D eigenvalue weighted by Gasteiger charge is 2.24. The van der Waals surface area contributed by atoms with E-state index in [0.29, 0.717) is 13.1 Å². The lowest BCUT2D eigenvalue weighted by Crippen LogP contribution is -2.45. The molecule has 148 valence electrons. The fraction of sp³-hybridized carbons (Fsp3) is 0.611. The van der Waals surface area contributed by atoms with E-state index in [4.69, 9.17) is 16.3 Å². The number of nitrogens with zero attached hydrogens (tertiary/aromatic N) is 1. The lowest BCUT2D eigenvalue weighted by atomic mass is 10.0. The fourth-order valence-corrected chi connectivity index (χ4v) is 3.14. The van der Waals surface area contributed by atoms with E-state index >= 15 is 0 Å². The van der Waals surface area contributed by atoms with Gasteiger partial charge in [0.05, 0.1) is 25.8 Å². The summed E-state index contributed by atoms with van der Waals surface area (Å²) in [5.74, 6) is 0.843. The molecule has 1 aromatic rings. The van der Waals surface area contributed by atoms with Crippen LogP contribution in [0.3, 0.4) is 0 Å². The molecule has 26 heavy (non-hydrogen) atoms. The van der Waals surface area contributed by atoms with Gasteiger partial charge in [-0.2, -0.15) is 0 Å². The lowest BCUT2D eigenvalue weighted by molar-refractivity contribution is -0.120. The van der Waals surface area contributed by atoms with Gasteiger partial charge < -0.3 is 15.4 Å². The summed E-state index contributed by atoms with van der Waals surface area (Å²) in [5.41, 5.74) is 1.17. The fourth-order valence-electron chi connectivity index (χ4n) is 3.02. The van der Waals surface area contributed by atoms with Crippen LogP contribution in [-0.4, -0.2) is 56.7 Å². The van der Waals surface area contributed by atoms with Crippen molar-refractivity contribution in [2.75, 3.05) is 45.9 Å². The summed E-state index contributed by atoms with van der Waals surface area (Å²) in [6.07, 6.45) is 2.59. The molecule has 1 atom stereocenters. The zero-order chi connectivity index (χ0) is 16.8. The van der Waals surface area contributed by atoms with Gasteiger partial charge in [0.25, 0.3) is 0 Å². The van der Waals surface area contributed by atoms with E-state index in [0.717, 1.165) is 43.8 Å². The van der Waals surface area contributed by atoms with Crippen LogP contribution >= 0.6 is 36.4 Å². The van der Waals surface area contributed by atoms with Crippen molar-refractivity contribution in [3.05, 3.63) is 34.9 Å². The third-order valence-corrected chi connectivity index (χ3v) is 4.90. The molecule has 2 fully saturated rings.